The third kappa shape index (κ3) is 4.03. The molecule has 0 bridgehead atoms. The molecule has 3 rings (SSSR count). The summed E-state index contributed by atoms with van der Waals surface area (Å²) in [4.78, 5) is 13.3. The quantitative estimate of drug-likeness (QED) is 0.792. The Labute approximate surface area is 146 Å². The molecule has 8 heteroatoms. The SMILES string of the molecule is CCOC(C)c1noc(CN2CCN(c3ncccc3Cl)CC2)n1. The summed E-state index contributed by atoms with van der Waals surface area (Å²) in [5.41, 5.74) is 0. The number of hydrogen-bond donors (Lipinski definition) is 0. The largest absolute Gasteiger partial charge is 0.371 e. The lowest BCUT2D eigenvalue weighted by Gasteiger charge is -2.34. The van der Waals surface area contributed by atoms with E-state index < -0.39 is 0 Å². The van der Waals surface area contributed by atoms with Crippen molar-refractivity contribution in [3.8, 4) is 0 Å². The van der Waals surface area contributed by atoms with E-state index in [9.17, 15) is 0 Å². The van der Waals surface area contributed by atoms with Gasteiger partial charge in [0.15, 0.2) is 5.82 Å². The average Bonchev–Trinajstić information content (AvgIpc) is 3.05. The van der Waals surface area contributed by atoms with Crippen molar-refractivity contribution in [1.82, 2.24) is 20.0 Å². The van der Waals surface area contributed by atoms with Gasteiger partial charge in [-0.3, -0.25) is 4.90 Å². The highest BCUT2D eigenvalue weighted by molar-refractivity contribution is 6.32. The highest BCUT2D eigenvalue weighted by atomic mass is 35.5. The Bertz CT molecular complexity index is 657. The van der Waals surface area contributed by atoms with Crippen LogP contribution in [-0.4, -0.2) is 52.8 Å². The van der Waals surface area contributed by atoms with Gasteiger partial charge in [0.2, 0.25) is 5.89 Å². The van der Waals surface area contributed by atoms with E-state index in [1.165, 1.54) is 0 Å². The van der Waals surface area contributed by atoms with Crippen LogP contribution < -0.4 is 4.90 Å². The topological polar surface area (TPSA) is 67.5 Å². The van der Waals surface area contributed by atoms with Gasteiger partial charge in [0.1, 0.15) is 11.9 Å². The molecule has 1 fully saturated rings. The summed E-state index contributed by atoms with van der Waals surface area (Å²) >= 11 is 6.22. The zero-order chi connectivity index (χ0) is 16.9. The van der Waals surface area contributed by atoms with E-state index in [1.807, 2.05) is 26.0 Å². The fraction of sp³-hybridized carbons (Fsp3) is 0.562. The maximum absolute atomic E-state index is 6.22. The Morgan fingerprint density at radius 2 is 2.12 bits per heavy atom. The van der Waals surface area contributed by atoms with Gasteiger partial charge in [-0.2, -0.15) is 4.98 Å². The minimum Gasteiger partial charge on any atom is -0.371 e. The third-order valence-corrected chi connectivity index (χ3v) is 4.33. The van der Waals surface area contributed by atoms with Gasteiger partial charge in [-0.1, -0.05) is 16.8 Å². The molecule has 1 aliphatic heterocycles. The number of aromatic nitrogens is 3. The van der Waals surface area contributed by atoms with Crippen LogP contribution in [0.3, 0.4) is 0 Å². The molecule has 0 saturated carbocycles. The molecule has 24 heavy (non-hydrogen) atoms. The number of nitrogens with zero attached hydrogens (tertiary/aromatic N) is 5. The first-order valence-electron chi connectivity index (χ1n) is 8.19. The van der Waals surface area contributed by atoms with Gasteiger partial charge in [0, 0.05) is 39.0 Å². The molecule has 1 saturated heterocycles. The summed E-state index contributed by atoms with van der Waals surface area (Å²) in [6.45, 7) is 8.68. The number of piperazine rings is 1. The molecule has 0 N–H and O–H groups in total. The van der Waals surface area contributed by atoms with E-state index in [0.717, 1.165) is 32.0 Å². The first kappa shape index (κ1) is 17.1. The molecule has 1 atom stereocenters. The second kappa shape index (κ2) is 7.92. The van der Waals surface area contributed by atoms with Gasteiger partial charge < -0.3 is 14.2 Å². The molecule has 0 aliphatic carbocycles. The molecule has 7 nitrogen and oxygen atoms in total. The summed E-state index contributed by atoms with van der Waals surface area (Å²) in [5.74, 6) is 2.08. The number of ether oxygens (including phenoxy) is 1. The molecule has 1 unspecified atom stereocenters. The van der Waals surface area contributed by atoms with Crippen LogP contribution in [0.15, 0.2) is 22.9 Å². The zero-order valence-electron chi connectivity index (χ0n) is 14.0. The first-order valence-corrected chi connectivity index (χ1v) is 8.57. The van der Waals surface area contributed by atoms with Crippen molar-refractivity contribution in [3.63, 3.8) is 0 Å². The van der Waals surface area contributed by atoms with Crippen molar-refractivity contribution in [2.45, 2.75) is 26.5 Å². The molecular weight excluding hydrogens is 330 g/mol. The second-order valence-corrected chi connectivity index (χ2v) is 6.12. The summed E-state index contributed by atoms with van der Waals surface area (Å²) in [7, 11) is 0. The molecule has 1 aliphatic rings. The Kier molecular flexibility index (Phi) is 5.65. The van der Waals surface area contributed by atoms with Gasteiger partial charge >= 0.3 is 0 Å². The van der Waals surface area contributed by atoms with E-state index >= 15 is 0 Å². The number of hydrogen-bond acceptors (Lipinski definition) is 7. The number of anilines is 1. The fourth-order valence-corrected chi connectivity index (χ4v) is 2.98. The van der Waals surface area contributed by atoms with E-state index in [4.69, 9.17) is 20.9 Å². The van der Waals surface area contributed by atoms with Crippen molar-refractivity contribution < 1.29 is 9.26 Å². The van der Waals surface area contributed by atoms with Crippen LogP contribution in [0, 0.1) is 0 Å². The number of rotatable bonds is 6. The molecule has 0 aromatic carbocycles. The van der Waals surface area contributed by atoms with Gasteiger partial charge in [-0.25, -0.2) is 4.98 Å². The Balaban J connectivity index is 1.53. The first-order chi connectivity index (χ1) is 11.7. The number of pyridine rings is 1. The number of halogens is 1. The lowest BCUT2D eigenvalue weighted by atomic mass is 10.3. The maximum Gasteiger partial charge on any atom is 0.240 e. The Hall–Kier alpha value is -1.70. The van der Waals surface area contributed by atoms with E-state index in [-0.39, 0.29) is 6.10 Å². The van der Waals surface area contributed by atoms with Gasteiger partial charge in [0.25, 0.3) is 0 Å². The summed E-state index contributed by atoms with van der Waals surface area (Å²) in [5, 5.41) is 4.69. The predicted octanol–water partition coefficient (Wildman–Crippen LogP) is 2.54. The fourth-order valence-electron chi connectivity index (χ4n) is 2.74. The molecule has 0 spiro atoms. The van der Waals surface area contributed by atoms with Crippen molar-refractivity contribution in [1.29, 1.82) is 0 Å². The molecular formula is C16H22ClN5O2. The highest BCUT2D eigenvalue weighted by Crippen LogP contribution is 2.23. The maximum atomic E-state index is 6.22. The van der Waals surface area contributed by atoms with Crippen LogP contribution in [0.4, 0.5) is 5.82 Å². The van der Waals surface area contributed by atoms with Crippen LogP contribution in [0.25, 0.3) is 0 Å². The summed E-state index contributed by atoms with van der Waals surface area (Å²) in [6, 6.07) is 3.72. The minimum atomic E-state index is -0.143. The van der Waals surface area contributed by atoms with Crippen molar-refractivity contribution in [2.75, 3.05) is 37.7 Å². The highest BCUT2D eigenvalue weighted by Gasteiger charge is 2.22. The average molecular weight is 352 g/mol. The summed E-state index contributed by atoms with van der Waals surface area (Å²) in [6.07, 6.45) is 1.63. The monoisotopic (exact) mass is 351 g/mol. The predicted molar refractivity (Wildman–Crippen MR) is 91.1 cm³/mol. The lowest BCUT2D eigenvalue weighted by molar-refractivity contribution is 0.0683. The second-order valence-electron chi connectivity index (χ2n) is 5.72. The van der Waals surface area contributed by atoms with E-state index in [2.05, 4.69) is 24.9 Å². The van der Waals surface area contributed by atoms with Gasteiger partial charge in [0.05, 0.1) is 11.6 Å². The lowest BCUT2D eigenvalue weighted by Crippen LogP contribution is -2.46. The van der Waals surface area contributed by atoms with Crippen LogP contribution in [0.1, 0.15) is 31.7 Å². The smallest absolute Gasteiger partial charge is 0.240 e. The standard InChI is InChI=1S/C16H22ClN5O2/c1-3-23-12(2)15-19-14(24-20-15)11-21-7-9-22(10-8-21)16-13(17)5-4-6-18-16/h4-6,12H,3,7-11H2,1-2H3. The van der Waals surface area contributed by atoms with Gasteiger partial charge in [-0.05, 0) is 26.0 Å². The van der Waals surface area contributed by atoms with Crippen LogP contribution in [0.2, 0.25) is 5.02 Å². The van der Waals surface area contributed by atoms with E-state index in [1.54, 1.807) is 6.20 Å². The molecule has 3 heterocycles. The minimum absolute atomic E-state index is 0.143. The van der Waals surface area contributed by atoms with Crippen LogP contribution in [-0.2, 0) is 11.3 Å². The van der Waals surface area contributed by atoms with Crippen LogP contribution in [0.5, 0.6) is 0 Å². The molecule has 2 aromatic rings. The molecule has 0 amide bonds. The molecule has 2 aromatic heterocycles. The molecule has 130 valence electrons. The van der Waals surface area contributed by atoms with E-state index in [0.29, 0.717) is 29.9 Å². The Morgan fingerprint density at radius 1 is 1.33 bits per heavy atom. The third-order valence-electron chi connectivity index (χ3n) is 4.03. The van der Waals surface area contributed by atoms with Crippen molar-refractivity contribution in [3.05, 3.63) is 35.1 Å². The normalized spacial score (nSPS) is 17.2. The Morgan fingerprint density at radius 3 is 2.83 bits per heavy atom. The zero-order valence-corrected chi connectivity index (χ0v) is 14.7. The van der Waals surface area contributed by atoms with Gasteiger partial charge in [-0.15, -0.1) is 0 Å². The molecule has 0 radical (unpaired) electrons. The van der Waals surface area contributed by atoms with Crippen LogP contribution >= 0.6 is 11.6 Å². The van der Waals surface area contributed by atoms with Crippen molar-refractivity contribution >= 4 is 17.4 Å². The summed E-state index contributed by atoms with van der Waals surface area (Å²) < 4.78 is 10.8. The van der Waals surface area contributed by atoms with Crippen molar-refractivity contribution in [2.24, 2.45) is 0 Å².